The summed E-state index contributed by atoms with van der Waals surface area (Å²) in [5.41, 5.74) is 1.53. The van der Waals surface area contributed by atoms with Gasteiger partial charge in [-0.1, -0.05) is 42.5 Å². The first kappa shape index (κ1) is 26.0. The minimum atomic E-state index is -1.12. The Morgan fingerprint density at radius 2 is 1.42 bits per heavy atom. The number of amides is 4. The fourth-order valence-corrected chi connectivity index (χ4v) is 3.62. The SMILES string of the molecule is CC(C)N(C(=O)CN(C(=O)CNC(=O)Nc1cccc(C(=O)O)c1)c1ccccc1)c1ccccc1. The number of carboxylic acid groups (broad SMARTS) is 1. The van der Waals surface area contributed by atoms with Crippen molar-refractivity contribution in [1.29, 1.82) is 0 Å². The molecule has 3 rings (SSSR count). The van der Waals surface area contributed by atoms with Gasteiger partial charge in [-0.3, -0.25) is 9.59 Å². The second-order valence-corrected chi connectivity index (χ2v) is 8.20. The number of anilines is 3. The fourth-order valence-electron chi connectivity index (χ4n) is 3.62. The van der Waals surface area contributed by atoms with Crippen LogP contribution in [-0.2, 0) is 9.59 Å². The predicted octanol–water partition coefficient (Wildman–Crippen LogP) is 3.98. The third kappa shape index (κ3) is 6.92. The molecule has 36 heavy (non-hydrogen) atoms. The van der Waals surface area contributed by atoms with Gasteiger partial charge in [-0.2, -0.15) is 0 Å². The number of carbonyl (C=O) groups excluding carboxylic acids is 3. The highest BCUT2D eigenvalue weighted by molar-refractivity contribution is 6.05. The molecular weight excluding hydrogens is 460 g/mol. The van der Waals surface area contributed by atoms with Crippen molar-refractivity contribution in [2.75, 3.05) is 28.2 Å². The maximum Gasteiger partial charge on any atom is 0.335 e. The lowest BCUT2D eigenvalue weighted by molar-refractivity contribution is -0.122. The number of benzene rings is 3. The maximum absolute atomic E-state index is 13.3. The van der Waals surface area contributed by atoms with Crippen LogP contribution < -0.4 is 20.4 Å². The first-order chi connectivity index (χ1) is 17.3. The largest absolute Gasteiger partial charge is 0.478 e. The van der Waals surface area contributed by atoms with Crippen molar-refractivity contribution >= 4 is 40.9 Å². The molecule has 9 heteroatoms. The van der Waals surface area contributed by atoms with Crippen LogP contribution in [0.5, 0.6) is 0 Å². The van der Waals surface area contributed by atoms with Crippen LogP contribution in [0, 0.1) is 0 Å². The number of nitrogens with zero attached hydrogens (tertiary/aromatic N) is 2. The summed E-state index contributed by atoms with van der Waals surface area (Å²) in [7, 11) is 0. The molecule has 3 N–H and O–H groups in total. The average Bonchev–Trinajstić information content (AvgIpc) is 2.87. The van der Waals surface area contributed by atoms with E-state index in [1.165, 1.54) is 29.2 Å². The molecule has 0 spiro atoms. The van der Waals surface area contributed by atoms with Crippen LogP contribution in [0.25, 0.3) is 0 Å². The van der Waals surface area contributed by atoms with Gasteiger partial charge in [0.15, 0.2) is 0 Å². The predicted molar refractivity (Wildman–Crippen MR) is 138 cm³/mol. The smallest absolute Gasteiger partial charge is 0.335 e. The first-order valence-electron chi connectivity index (χ1n) is 11.4. The highest BCUT2D eigenvalue weighted by atomic mass is 16.4. The Bertz CT molecular complexity index is 1220. The summed E-state index contributed by atoms with van der Waals surface area (Å²) in [6.45, 7) is 3.19. The molecule has 0 unspecified atom stereocenters. The molecule has 0 aliphatic carbocycles. The highest BCUT2D eigenvalue weighted by Crippen LogP contribution is 2.19. The summed E-state index contributed by atoms with van der Waals surface area (Å²) in [4.78, 5) is 52.9. The number of hydrogen-bond donors (Lipinski definition) is 3. The van der Waals surface area contributed by atoms with Crippen LogP contribution in [0.4, 0.5) is 21.9 Å². The summed E-state index contributed by atoms with van der Waals surface area (Å²) in [5, 5.41) is 14.1. The molecule has 0 atom stereocenters. The summed E-state index contributed by atoms with van der Waals surface area (Å²) in [6.07, 6.45) is 0. The van der Waals surface area contributed by atoms with E-state index in [9.17, 15) is 19.2 Å². The fraction of sp³-hybridized carbons (Fsp3) is 0.185. The second-order valence-electron chi connectivity index (χ2n) is 8.20. The Kier molecular flexibility index (Phi) is 8.77. The van der Waals surface area contributed by atoms with Crippen molar-refractivity contribution in [3.8, 4) is 0 Å². The summed E-state index contributed by atoms with van der Waals surface area (Å²) >= 11 is 0. The van der Waals surface area contributed by atoms with Crippen molar-refractivity contribution < 1.29 is 24.3 Å². The van der Waals surface area contributed by atoms with Crippen molar-refractivity contribution in [3.63, 3.8) is 0 Å². The van der Waals surface area contributed by atoms with Crippen LogP contribution in [0.3, 0.4) is 0 Å². The van der Waals surface area contributed by atoms with Gasteiger partial charge in [0.2, 0.25) is 11.8 Å². The van der Waals surface area contributed by atoms with E-state index in [0.717, 1.165) is 5.69 Å². The van der Waals surface area contributed by atoms with Gasteiger partial charge in [-0.15, -0.1) is 0 Å². The van der Waals surface area contributed by atoms with Gasteiger partial charge in [0.1, 0.15) is 6.54 Å². The first-order valence-corrected chi connectivity index (χ1v) is 11.4. The minimum Gasteiger partial charge on any atom is -0.478 e. The van der Waals surface area contributed by atoms with Gasteiger partial charge in [0, 0.05) is 23.1 Å². The molecular formula is C27H28N4O5. The zero-order valence-electron chi connectivity index (χ0n) is 20.0. The number of rotatable bonds is 9. The van der Waals surface area contributed by atoms with E-state index in [1.807, 2.05) is 44.2 Å². The minimum absolute atomic E-state index is 0.0192. The standard InChI is InChI=1S/C27H28N4O5/c1-19(2)31(23-14-7-4-8-15-23)25(33)18-30(22-12-5-3-6-13-22)24(32)17-28-27(36)29-21-11-9-10-20(16-21)26(34)35/h3-16,19H,17-18H2,1-2H3,(H,34,35)(H2,28,29,36). The van der Waals surface area contributed by atoms with Crippen molar-refractivity contribution in [2.24, 2.45) is 0 Å². The highest BCUT2D eigenvalue weighted by Gasteiger charge is 2.25. The molecule has 0 bridgehead atoms. The Hall–Kier alpha value is -4.66. The van der Waals surface area contributed by atoms with Gasteiger partial charge in [-0.25, -0.2) is 9.59 Å². The normalized spacial score (nSPS) is 10.4. The summed E-state index contributed by atoms with van der Waals surface area (Å²) in [5.74, 6) is -1.88. The molecule has 4 amide bonds. The van der Waals surface area contributed by atoms with Crippen LogP contribution in [0.15, 0.2) is 84.9 Å². The molecule has 186 valence electrons. The van der Waals surface area contributed by atoms with Crippen LogP contribution in [0.2, 0.25) is 0 Å². The summed E-state index contributed by atoms with van der Waals surface area (Å²) in [6, 6.07) is 22.9. The lowest BCUT2D eigenvalue weighted by Gasteiger charge is -2.30. The van der Waals surface area contributed by atoms with E-state index >= 15 is 0 Å². The van der Waals surface area contributed by atoms with Crippen LogP contribution in [-0.4, -0.2) is 48.1 Å². The third-order valence-electron chi connectivity index (χ3n) is 5.25. The number of hydrogen-bond acceptors (Lipinski definition) is 4. The number of urea groups is 1. The maximum atomic E-state index is 13.3. The van der Waals surface area contributed by atoms with Crippen molar-refractivity contribution in [1.82, 2.24) is 5.32 Å². The van der Waals surface area contributed by atoms with Gasteiger partial charge in [-0.05, 0) is 56.3 Å². The molecule has 9 nitrogen and oxygen atoms in total. The number of carboxylic acids is 1. The van der Waals surface area contributed by atoms with Gasteiger partial charge in [0.05, 0.1) is 12.1 Å². The molecule has 3 aromatic rings. The van der Waals surface area contributed by atoms with E-state index in [1.54, 1.807) is 35.2 Å². The van der Waals surface area contributed by atoms with Crippen LogP contribution >= 0.6 is 0 Å². The zero-order valence-corrected chi connectivity index (χ0v) is 20.0. The quantitative estimate of drug-likeness (QED) is 0.421. The van der Waals surface area contributed by atoms with E-state index in [2.05, 4.69) is 10.6 Å². The molecule has 0 aliphatic rings. The van der Waals surface area contributed by atoms with Gasteiger partial charge >= 0.3 is 12.0 Å². The Labute approximate surface area is 209 Å². The Balaban J connectivity index is 1.71. The number of aromatic carboxylic acids is 1. The number of nitrogens with one attached hydrogen (secondary N) is 2. The number of para-hydroxylation sites is 2. The molecule has 0 saturated carbocycles. The molecule has 0 aromatic heterocycles. The van der Waals surface area contributed by atoms with E-state index in [0.29, 0.717) is 5.69 Å². The van der Waals surface area contributed by atoms with Crippen LogP contribution in [0.1, 0.15) is 24.2 Å². The average molecular weight is 489 g/mol. The van der Waals surface area contributed by atoms with Gasteiger partial charge < -0.3 is 25.5 Å². The molecule has 0 heterocycles. The third-order valence-corrected chi connectivity index (χ3v) is 5.25. The molecule has 0 saturated heterocycles. The zero-order chi connectivity index (χ0) is 26.1. The van der Waals surface area contributed by atoms with Crippen molar-refractivity contribution in [3.05, 3.63) is 90.5 Å². The monoisotopic (exact) mass is 488 g/mol. The Morgan fingerprint density at radius 3 is 2.00 bits per heavy atom. The van der Waals surface area contributed by atoms with E-state index in [4.69, 9.17) is 5.11 Å². The topological polar surface area (TPSA) is 119 Å². The van der Waals surface area contributed by atoms with E-state index < -0.39 is 17.9 Å². The molecule has 0 fully saturated rings. The molecule has 3 aromatic carbocycles. The number of carbonyl (C=O) groups is 4. The molecule has 0 aliphatic heterocycles. The lowest BCUT2D eigenvalue weighted by Crippen LogP contribution is -2.48. The molecule has 0 radical (unpaired) electrons. The summed E-state index contributed by atoms with van der Waals surface area (Å²) < 4.78 is 0. The van der Waals surface area contributed by atoms with E-state index in [-0.39, 0.29) is 36.3 Å². The van der Waals surface area contributed by atoms with Crippen molar-refractivity contribution in [2.45, 2.75) is 19.9 Å². The van der Waals surface area contributed by atoms with Gasteiger partial charge in [0.25, 0.3) is 0 Å². The Morgan fingerprint density at radius 1 is 0.806 bits per heavy atom. The lowest BCUT2D eigenvalue weighted by atomic mass is 10.2. The second kappa shape index (κ2) is 12.2.